The van der Waals surface area contributed by atoms with Crippen LogP contribution in [0.25, 0.3) is 0 Å². The van der Waals surface area contributed by atoms with Crippen molar-refractivity contribution in [2.75, 3.05) is 19.6 Å². The van der Waals surface area contributed by atoms with Crippen molar-refractivity contribution < 1.29 is 27.6 Å². The SMILES string of the molecule is Cc1ccc(C[C@@H](C(=O)O)N2CCN(S(=O)(=O)c3ccccc3[N+](=O)[O-])[C@@H](C)C2)c(F)c1. The highest BCUT2D eigenvalue weighted by Gasteiger charge is 2.40. The maximum absolute atomic E-state index is 14.3. The molecule has 0 radical (unpaired) electrons. The van der Waals surface area contributed by atoms with E-state index in [1.807, 2.05) is 0 Å². The van der Waals surface area contributed by atoms with Crippen molar-refractivity contribution in [1.82, 2.24) is 9.21 Å². The second-order valence-corrected chi connectivity index (χ2v) is 9.70. The Bertz CT molecular complexity index is 1140. The van der Waals surface area contributed by atoms with Crippen molar-refractivity contribution >= 4 is 21.7 Å². The Morgan fingerprint density at radius 3 is 2.56 bits per heavy atom. The molecule has 0 amide bonds. The number of hydrogen-bond donors (Lipinski definition) is 1. The van der Waals surface area contributed by atoms with E-state index in [1.54, 1.807) is 30.9 Å². The number of halogens is 1. The van der Waals surface area contributed by atoms with E-state index in [2.05, 4.69) is 0 Å². The summed E-state index contributed by atoms with van der Waals surface area (Å²) in [5, 5.41) is 21.0. The number of piperazine rings is 1. The van der Waals surface area contributed by atoms with Gasteiger partial charge < -0.3 is 5.11 Å². The molecule has 0 aromatic heterocycles. The molecular weight excluding hydrogens is 441 g/mol. The van der Waals surface area contributed by atoms with Gasteiger partial charge >= 0.3 is 5.97 Å². The lowest BCUT2D eigenvalue weighted by atomic mass is 10.0. The fourth-order valence-electron chi connectivity index (χ4n) is 3.96. The molecule has 1 saturated heterocycles. The first-order valence-electron chi connectivity index (χ1n) is 9.99. The van der Waals surface area contributed by atoms with Crippen LogP contribution in [0.15, 0.2) is 47.4 Å². The quantitative estimate of drug-likeness (QED) is 0.492. The molecule has 2 aromatic carbocycles. The molecule has 1 aliphatic heterocycles. The normalized spacial score (nSPS) is 18.9. The molecule has 1 heterocycles. The van der Waals surface area contributed by atoms with Gasteiger partial charge in [-0.15, -0.1) is 0 Å². The van der Waals surface area contributed by atoms with Gasteiger partial charge in [-0.2, -0.15) is 4.31 Å². The largest absolute Gasteiger partial charge is 0.480 e. The average Bonchev–Trinajstić information content (AvgIpc) is 2.72. The maximum Gasteiger partial charge on any atom is 0.321 e. The number of aliphatic carboxylic acids is 1. The minimum absolute atomic E-state index is 0.0459. The lowest BCUT2D eigenvalue weighted by molar-refractivity contribution is -0.387. The third-order valence-corrected chi connectivity index (χ3v) is 7.66. The second-order valence-electron chi connectivity index (χ2n) is 7.84. The molecule has 0 unspecified atom stereocenters. The predicted molar refractivity (Wildman–Crippen MR) is 114 cm³/mol. The molecule has 32 heavy (non-hydrogen) atoms. The van der Waals surface area contributed by atoms with Gasteiger partial charge in [-0.3, -0.25) is 19.8 Å². The van der Waals surface area contributed by atoms with Crippen molar-refractivity contribution in [3.8, 4) is 0 Å². The van der Waals surface area contributed by atoms with Gasteiger partial charge in [0.2, 0.25) is 10.0 Å². The van der Waals surface area contributed by atoms with Gasteiger partial charge in [0.1, 0.15) is 11.9 Å². The van der Waals surface area contributed by atoms with Crippen LogP contribution in [0, 0.1) is 22.9 Å². The summed E-state index contributed by atoms with van der Waals surface area (Å²) in [6, 6.07) is 8.04. The Balaban J connectivity index is 1.81. The summed E-state index contributed by atoms with van der Waals surface area (Å²) in [7, 11) is -4.17. The summed E-state index contributed by atoms with van der Waals surface area (Å²) in [5.41, 5.74) is 0.478. The molecule has 1 N–H and O–H groups in total. The number of nitrogens with zero attached hydrogens (tertiary/aromatic N) is 3. The van der Waals surface area contributed by atoms with Crippen LogP contribution in [-0.4, -0.2) is 65.3 Å². The van der Waals surface area contributed by atoms with Crippen LogP contribution >= 0.6 is 0 Å². The smallest absolute Gasteiger partial charge is 0.321 e. The van der Waals surface area contributed by atoms with E-state index >= 15 is 0 Å². The molecule has 1 fully saturated rings. The van der Waals surface area contributed by atoms with Gasteiger partial charge in [0.15, 0.2) is 4.90 Å². The highest BCUT2D eigenvalue weighted by Crippen LogP contribution is 2.29. The van der Waals surface area contributed by atoms with Crippen molar-refractivity contribution in [3.63, 3.8) is 0 Å². The van der Waals surface area contributed by atoms with E-state index in [1.165, 1.54) is 24.3 Å². The summed E-state index contributed by atoms with van der Waals surface area (Å²) in [4.78, 5) is 23.7. The summed E-state index contributed by atoms with van der Waals surface area (Å²) in [5.74, 6) is -1.62. The molecule has 0 spiro atoms. The van der Waals surface area contributed by atoms with Crippen molar-refractivity contribution in [2.24, 2.45) is 0 Å². The molecule has 1 aliphatic rings. The number of nitro benzene ring substituents is 1. The lowest BCUT2D eigenvalue weighted by Crippen LogP contribution is -2.58. The van der Waals surface area contributed by atoms with Crippen LogP contribution in [0.1, 0.15) is 18.1 Å². The van der Waals surface area contributed by atoms with Crippen molar-refractivity contribution in [3.05, 3.63) is 69.5 Å². The number of sulfonamides is 1. The molecule has 172 valence electrons. The number of rotatable bonds is 7. The zero-order valence-electron chi connectivity index (χ0n) is 17.6. The summed E-state index contributed by atoms with van der Waals surface area (Å²) < 4.78 is 41.7. The molecule has 0 aliphatic carbocycles. The number of carbonyl (C=O) groups is 1. The summed E-state index contributed by atoms with van der Waals surface area (Å²) >= 11 is 0. The fraction of sp³-hybridized carbons (Fsp3) is 0.381. The minimum Gasteiger partial charge on any atom is -0.480 e. The molecule has 0 saturated carbocycles. The summed E-state index contributed by atoms with van der Waals surface area (Å²) in [6.07, 6.45) is -0.0644. The van der Waals surface area contributed by atoms with E-state index < -0.39 is 49.4 Å². The van der Waals surface area contributed by atoms with Crippen LogP contribution in [-0.2, 0) is 21.2 Å². The van der Waals surface area contributed by atoms with Crippen LogP contribution in [0.4, 0.5) is 10.1 Å². The minimum atomic E-state index is -4.17. The van der Waals surface area contributed by atoms with E-state index in [0.717, 1.165) is 15.9 Å². The zero-order valence-corrected chi connectivity index (χ0v) is 18.5. The van der Waals surface area contributed by atoms with Gasteiger partial charge in [-0.25, -0.2) is 12.8 Å². The molecule has 0 bridgehead atoms. The van der Waals surface area contributed by atoms with Crippen molar-refractivity contribution in [2.45, 2.75) is 37.2 Å². The first-order chi connectivity index (χ1) is 15.0. The number of benzene rings is 2. The number of carboxylic acid groups (broad SMARTS) is 1. The van der Waals surface area contributed by atoms with Gasteiger partial charge in [-0.05, 0) is 37.1 Å². The number of para-hydroxylation sites is 1. The van der Waals surface area contributed by atoms with E-state index in [4.69, 9.17) is 0 Å². The fourth-order valence-corrected chi connectivity index (χ4v) is 5.73. The Hall–Kier alpha value is -2.89. The van der Waals surface area contributed by atoms with E-state index in [0.29, 0.717) is 0 Å². The molecule has 2 atom stereocenters. The Morgan fingerprint density at radius 2 is 1.97 bits per heavy atom. The van der Waals surface area contributed by atoms with Crippen LogP contribution in [0.2, 0.25) is 0 Å². The van der Waals surface area contributed by atoms with Crippen molar-refractivity contribution in [1.29, 1.82) is 0 Å². The molecule has 3 rings (SSSR count). The Morgan fingerprint density at radius 1 is 1.28 bits per heavy atom. The monoisotopic (exact) mass is 465 g/mol. The van der Waals surface area contributed by atoms with Gasteiger partial charge in [0.05, 0.1) is 4.92 Å². The first-order valence-corrected chi connectivity index (χ1v) is 11.4. The number of aryl methyl sites for hydroxylation is 1. The highest BCUT2D eigenvalue weighted by molar-refractivity contribution is 7.89. The van der Waals surface area contributed by atoms with Crippen LogP contribution in [0.3, 0.4) is 0 Å². The molecule has 9 nitrogen and oxygen atoms in total. The van der Waals surface area contributed by atoms with E-state index in [-0.39, 0.29) is 31.6 Å². The number of nitro groups is 1. The molecule has 11 heteroatoms. The average molecular weight is 466 g/mol. The van der Waals surface area contributed by atoms with Gasteiger partial charge in [0.25, 0.3) is 5.69 Å². The molecular formula is C21H24FN3O6S. The number of carboxylic acids is 1. The highest BCUT2D eigenvalue weighted by atomic mass is 32.2. The molecule has 2 aromatic rings. The second kappa shape index (κ2) is 9.31. The third-order valence-electron chi connectivity index (χ3n) is 5.59. The number of hydrogen-bond acceptors (Lipinski definition) is 6. The maximum atomic E-state index is 14.3. The predicted octanol–water partition coefficient (Wildman–Crippen LogP) is 2.43. The third kappa shape index (κ3) is 4.79. The Kier molecular flexibility index (Phi) is 6.91. The van der Waals surface area contributed by atoms with Gasteiger partial charge in [-0.1, -0.05) is 24.3 Å². The topological polar surface area (TPSA) is 121 Å². The lowest BCUT2D eigenvalue weighted by Gasteiger charge is -2.41. The summed E-state index contributed by atoms with van der Waals surface area (Å²) in [6.45, 7) is 3.48. The van der Waals surface area contributed by atoms with E-state index in [9.17, 15) is 32.8 Å². The zero-order chi connectivity index (χ0) is 23.6. The van der Waals surface area contributed by atoms with Crippen LogP contribution in [0.5, 0.6) is 0 Å². The van der Waals surface area contributed by atoms with Gasteiger partial charge in [0, 0.05) is 38.2 Å². The first kappa shape index (κ1) is 23.8. The Labute approximate surface area is 185 Å². The standard InChI is InChI=1S/C21H24FN3O6S/c1-14-7-8-16(17(22)11-14)12-19(21(26)27)23-9-10-24(15(2)13-23)32(30,31)20-6-4-3-5-18(20)25(28)29/h3-8,11,15,19H,9-10,12-13H2,1-2H3,(H,26,27)/t15-,19-/m0/s1. The van der Waals surface area contributed by atoms with Crippen LogP contribution < -0.4 is 0 Å².